The molecule has 3 N–H and O–H groups in total. The zero-order valence-electron chi connectivity index (χ0n) is 18.4. The van der Waals surface area contributed by atoms with Crippen molar-refractivity contribution in [3.8, 4) is 0 Å². The highest BCUT2D eigenvalue weighted by Crippen LogP contribution is 2.20. The maximum atomic E-state index is 13.3. The summed E-state index contributed by atoms with van der Waals surface area (Å²) in [4.78, 5) is 24.3. The van der Waals surface area contributed by atoms with E-state index in [2.05, 4.69) is 56.5 Å². The van der Waals surface area contributed by atoms with Gasteiger partial charge in [0.05, 0.1) is 12.2 Å². The standard InChI is InChI=1S/C23H31N7O/c1-3-4-11-25-21-19-20(26-23(24)27-21)16(2)28-30(22(19)31)15-18-9-7-17(8-10-18)14-29-12-5-6-13-29/h7-10H,3-6,11-15H2,1-2H3,(H3,24,25,26,27). The largest absolute Gasteiger partial charge is 0.369 e. The van der Waals surface area contributed by atoms with Crippen molar-refractivity contribution in [2.75, 3.05) is 30.7 Å². The molecule has 164 valence electrons. The van der Waals surface area contributed by atoms with Gasteiger partial charge in [0.25, 0.3) is 5.56 Å². The first kappa shape index (κ1) is 21.2. The van der Waals surface area contributed by atoms with Crippen LogP contribution in [0.2, 0.25) is 0 Å². The number of nitrogen functional groups attached to an aromatic ring is 1. The molecule has 8 heteroatoms. The van der Waals surface area contributed by atoms with Crippen molar-refractivity contribution < 1.29 is 0 Å². The normalized spacial score (nSPS) is 14.4. The van der Waals surface area contributed by atoms with E-state index in [0.29, 0.717) is 29.0 Å². The zero-order valence-corrected chi connectivity index (χ0v) is 18.4. The number of benzene rings is 1. The third-order valence-corrected chi connectivity index (χ3v) is 5.77. The number of likely N-dealkylation sites (tertiary alicyclic amines) is 1. The van der Waals surface area contributed by atoms with E-state index in [4.69, 9.17) is 5.73 Å². The van der Waals surface area contributed by atoms with Crippen molar-refractivity contribution >= 4 is 22.7 Å². The summed E-state index contributed by atoms with van der Waals surface area (Å²) in [5, 5.41) is 8.20. The van der Waals surface area contributed by atoms with Crippen LogP contribution in [0.15, 0.2) is 29.1 Å². The molecule has 0 unspecified atom stereocenters. The van der Waals surface area contributed by atoms with Gasteiger partial charge in [-0.1, -0.05) is 37.6 Å². The van der Waals surface area contributed by atoms with Crippen molar-refractivity contribution in [1.82, 2.24) is 24.6 Å². The SMILES string of the molecule is CCCCNc1nc(N)nc2c(C)nn(Cc3ccc(CN4CCCC4)cc3)c(=O)c12. The highest BCUT2D eigenvalue weighted by Gasteiger charge is 2.16. The first-order valence-electron chi connectivity index (χ1n) is 11.1. The van der Waals surface area contributed by atoms with Gasteiger partial charge in [0.2, 0.25) is 5.95 Å². The van der Waals surface area contributed by atoms with Crippen LogP contribution in [0.3, 0.4) is 0 Å². The van der Waals surface area contributed by atoms with Crippen LogP contribution in [0.5, 0.6) is 0 Å². The van der Waals surface area contributed by atoms with Gasteiger partial charge >= 0.3 is 0 Å². The molecule has 3 aromatic rings. The third-order valence-electron chi connectivity index (χ3n) is 5.77. The second kappa shape index (κ2) is 9.43. The maximum absolute atomic E-state index is 13.3. The van der Waals surface area contributed by atoms with Gasteiger partial charge in [-0.15, -0.1) is 0 Å². The molecule has 1 aromatic carbocycles. The molecule has 0 saturated carbocycles. The van der Waals surface area contributed by atoms with Gasteiger partial charge in [-0.3, -0.25) is 9.69 Å². The summed E-state index contributed by atoms with van der Waals surface area (Å²) in [6, 6.07) is 8.46. The highest BCUT2D eigenvalue weighted by atomic mass is 16.1. The van der Waals surface area contributed by atoms with E-state index in [1.54, 1.807) is 0 Å². The lowest BCUT2D eigenvalue weighted by molar-refractivity contribution is 0.331. The highest BCUT2D eigenvalue weighted by molar-refractivity contribution is 5.90. The third kappa shape index (κ3) is 4.85. The number of aryl methyl sites for hydroxylation is 1. The number of hydrogen-bond acceptors (Lipinski definition) is 7. The van der Waals surface area contributed by atoms with E-state index in [1.165, 1.54) is 36.2 Å². The summed E-state index contributed by atoms with van der Waals surface area (Å²) in [5.41, 5.74) is 9.18. The molecule has 0 amide bonds. The van der Waals surface area contributed by atoms with Crippen molar-refractivity contribution in [3.63, 3.8) is 0 Å². The molecule has 0 aliphatic carbocycles. The Hall–Kier alpha value is -3.00. The van der Waals surface area contributed by atoms with Crippen LogP contribution < -0.4 is 16.6 Å². The van der Waals surface area contributed by atoms with E-state index < -0.39 is 0 Å². The molecule has 1 aliphatic rings. The minimum atomic E-state index is -0.208. The maximum Gasteiger partial charge on any atom is 0.280 e. The van der Waals surface area contributed by atoms with E-state index in [9.17, 15) is 4.79 Å². The fourth-order valence-electron chi connectivity index (χ4n) is 4.09. The van der Waals surface area contributed by atoms with Crippen molar-refractivity contribution in [2.45, 2.75) is 52.6 Å². The van der Waals surface area contributed by atoms with E-state index in [-0.39, 0.29) is 11.5 Å². The molecule has 31 heavy (non-hydrogen) atoms. The van der Waals surface area contributed by atoms with Crippen LogP contribution in [-0.2, 0) is 13.1 Å². The monoisotopic (exact) mass is 421 g/mol. The van der Waals surface area contributed by atoms with Gasteiger partial charge in [0.1, 0.15) is 16.7 Å². The Morgan fingerprint density at radius 3 is 2.42 bits per heavy atom. The molecule has 1 fully saturated rings. The molecule has 0 spiro atoms. The van der Waals surface area contributed by atoms with Gasteiger partial charge in [-0.05, 0) is 50.4 Å². The van der Waals surface area contributed by atoms with Crippen molar-refractivity contribution in [3.05, 3.63) is 51.4 Å². The molecule has 1 saturated heterocycles. The summed E-state index contributed by atoms with van der Waals surface area (Å²) >= 11 is 0. The Morgan fingerprint density at radius 2 is 1.74 bits per heavy atom. The number of anilines is 2. The van der Waals surface area contributed by atoms with Crippen LogP contribution in [0.1, 0.15) is 49.4 Å². The molecule has 8 nitrogen and oxygen atoms in total. The minimum absolute atomic E-state index is 0.141. The number of rotatable bonds is 8. The smallest absolute Gasteiger partial charge is 0.280 e. The number of nitrogens with one attached hydrogen (secondary N) is 1. The van der Waals surface area contributed by atoms with Crippen LogP contribution in [0.25, 0.3) is 10.9 Å². The molecular formula is C23H31N7O. The first-order valence-corrected chi connectivity index (χ1v) is 11.1. The number of nitrogens with two attached hydrogens (primary N) is 1. The predicted molar refractivity (Wildman–Crippen MR) is 124 cm³/mol. The Morgan fingerprint density at radius 1 is 1.06 bits per heavy atom. The molecule has 2 aromatic heterocycles. The fourth-order valence-corrected chi connectivity index (χ4v) is 4.09. The van der Waals surface area contributed by atoms with E-state index >= 15 is 0 Å². The lowest BCUT2D eigenvalue weighted by atomic mass is 10.1. The van der Waals surface area contributed by atoms with Crippen LogP contribution in [0, 0.1) is 6.92 Å². The average Bonchev–Trinajstić information content (AvgIpc) is 3.26. The number of unbranched alkanes of at least 4 members (excludes halogenated alkanes) is 1. The lowest BCUT2D eigenvalue weighted by Crippen LogP contribution is -2.26. The Labute approximate surface area is 182 Å². The van der Waals surface area contributed by atoms with Gasteiger partial charge in [-0.25, -0.2) is 9.67 Å². The summed E-state index contributed by atoms with van der Waals surface area (Å²) in [6.07, 6.45) is 4.61. The topological polar surface area (TPSA) is 102 Å². The minimum Gasteiger partial charge on any atom is -0.369 e. The fraction of sp³-hybridized carbons (Fsp3) is 0.478. The van der Waals surface area contributed by atoms with Gasteiger partial charge in [-0.2, -0.15) is 10.1 Å². The molecule has 0 radical (unpaired) electrons. The zero-order chi connectivity index (χ0) is 21.8. The molecule has 0 atom stereocenters. The van der Waals surface area contributed by atoms with Crippen molar-refractivity contribution in [2.24, 2.45) is 0 Å². The molecule has 0 bridgehead atoms. The lowest BCUT2D eigenvalue weighted by Gasteiger charge is -2.15. The second-order valence-corrected chi connectivity index (χ2v) is 8.28. The summed E-state index contributed by atoms with van der Waals surface area (Å²) < 4.78 is 1.50. The van der Waals surface area contributed by atoms with E-state index in [0.717, 1.165) is 31.5 Å². The molecule has 3 heterocycles. The quantitative estimate of drug-likeness (QED) is 0.539. The summed E-state index contributed by atoms with van der Waals surface area (Å²) in [7, 11) is 0. The van der Waals surface area contributed by atoms with Gasteiger partial charge in [0.15, 0.2) is 0 Å². The Bertz CT molecular complexity index is 1100. The average molecular weight is 422 g/mol. The second-order valence-electron chi connectivity index (χ2n) is 8.28. The van der Waals surface area contributed by atoms with E-state index in [1.807, 2.05) is 6.92 Å². The van der Waals surface area contributed by atoms with Crippen LogP contribution in [-0.4, -0.2) is 44.3 Å². The number of hydrogen-bond donors (Lipinski definition) is 2. The Kier molecular flexibility index (Phi) is 6.46. The summed E-state index contributed by atoms with van der Waals surface area (Å²) in [5.74, 6) is 0.628. The van der Waals surface area contributed by atoms with Crippen molar-refractivity contribution in [1.29, 1.82) is 0 Å². The summed E-state index contributed by atoms with van der Waals surface area (Å²) in [6.45, 7) is 8.43. The molecule has 1 aliphatic heterocycles. The number of nitrogens with zero attached hydrogens (tertiary/aromatic N) is 5. The number of aromatic nitrogens is 4. The van der Waals surface area contributed by atoms with Gasteiger partial charge < -0.3 is 11.1 Å². The number of fused-ring (bicyclic) bond motifs is 1. The van der Waals surface area contributed by atoms with Crippen LogP contribution >= 0.6 is 0 Å². The molecule has 4 rings (SSSR count). The van der Waals surface area contributed by atoms with Gasteiger partial charge in [0, 0.05) is 13.1 Å². The predicted octanol–water partition coefficient (Wildman–Crippen LogP) is 2.93. The first-order chi connectivity index (χ1) is 15.0. The van der Waals surface area contributed by atoms with Crippen LogP contribution in [0.4, 0.5) is 11.8 Å². The Balaban J connectivity index is 1.61. The molecular weight excluding hydrogens is 390 g/mol.